The van der Waals surface area contributed by atoms with Crippen molar-refractivity contribution in [2.75, 3.05) is 0 Å². The average Bonchev–Trinajstić information content (AvgIpc) is 3.19. The van der Waals surface area contributed by atoms with Gasteiger partial charge in [0.15, 0.2) is 0 Å². The number of imidazole rings is 1. The van der Waals surface area contributed by atoms with Crippen LogP contribution < -0.4 is 10.1 Å². The Morgan fingerprint density at radius 3 is 2.50 bits per heavy atom. The number of fused-ring (bicyclic) bond motifs is 1. The lowest BCUT2D eigenvalue weighted by Crippen LogP contribution is -2.28. The zero-order valence-corrected chi connectivity index (χ0v) is 17.4. The van der Waals surface area contributed by atoms with Gasteiger partial charge in [0.2, 0.25) is 0 Å². The number of nitrogens with one attached hydrogen (secondary N) is 1. The van der Waals surface area contributed by atoms with E-state index in [0.29, 0.717) is 11.3 Å². The molecule has 1 atom stereocenters. The van der Waals surface area contributed by atoms with Crippen LogP contribution in [0.4, 0.5) is 13.2 Å². The number of ether oxygens (including phenoxy) is 1. The number of rotatable bonds is 5. The van der Waals surface area contributed by atoms with Crippen molar-refractivity contribution in [2.24, 2.45) is 7.05 Å². The van der Waals surface area contributed by atoms with Gasteiger partial charge in [0, 0.05) is 30.4 Å². The van der Waals surface area contributed by atoms with Crippen molar-refractivity contribution in [3.8, 4) is 11.5 Å². The van der Waals surface area contributed by atoms with Gasteiger partial charge in [-0.15, -0.1) is 0 Å². The summed E-state index contributed by atoms with van der Waals surface area (Å²) in [7, 11) is 1.86. The van der Waals surface area contributed by atoms with Crippen molar-refractivity contribution < 1.29 is 22.7 Å². The zero-order valence-electron chi connectivity index (χ0n) is 17.4. The van der Waals surface area contributed by atoms with Crippen LogP contribution in [0.25, 0.3) is 10.8 Å². The van der Waals surface area contributed by atoms with Crippen molar-refractivity contribution in [1.29, 1.82) is 0 Å². The van der Waals surface area contributed by atoms with Crippen LogP contribution in [0.3, 0.4) is 0 Å². The summed E-state index contributed by atoms with van der Waals surface area (Å²) in [5.74, 6) is 1.27. The molecule has 4 aromatic rings. The van der Waals surface area contributed by atoms with Crippen LogP contribution in [0.15, 0.2) is 73.1 Å². The van der Waals surface area contributed by atoms with Crippen LogP contribution in [-0.2, 0) is 13.2 Å². The number of aryl methyl sites for hydroxylation is 1. The highest BCUT2D eigenvalue weighted by molar-refractivity contribution is 6.00. The first-order valence-corrected chi connectivity index (χ1v) is 9.88. The Bertz CT molecular complexity index is 1260. The quantitative estimate of drug-likeness (QED) is 0.423. The summed E-state index contributed by atoms with van der Waals surface area (Å²) in [4.78, 5) is 17.0. The molecule has 0 unspecified atom stereocenters. The molecule has 1 amide bonds. The second-order valence-corrected chi connectivity index (χ2v) is 7.41. The molecule has 0 fully saturated rings. The molecule has 0 spiro atoms. The highest BCUT2D eigenvalue weighted by Crippen LogP contribution is 2.33. The minimum atomic E-state index is -4.40. The Kier molecular flexibility index (Phi) is 5.61. The van der Waals surface area contributed by atoms with Gasteiger partial charge in [-0.3, -0.25) is 4.79 Å². The first-order chi connectivity index (χ1) is 15.2. The molecule has 4 rings (SSSR count). The number of halogens is 3. The van der Waals surface area contributed by atoms with Crippen LogP contribution in [0.1, 0.15) is 34.7 Å². The van der Waals surface area contributed by atoms with Crippen molar-refractivity contribution in [1.82, 2.24) is 14.9 Å². The normalized spacial score (nSPS) is 12.5. The third kappa shape index (κ3) is 4.44. The second-order valence-electron chi connectivity index (χ2n) is 7.41. The lowest BCUT2D eigenvalue weighted by molar-refractivity contribution is -0.137. The molecule has 3 aromatic carbocycles. The van der Waals surface area contributed by atoms with Crippen molar-refractivity contribution >= 4 is 16.7 Å². The topological polar surface area (TPSA) is 56.1 Å². The molecule has 0 aliphatic heterocycles. The van der Waals surface area contributed by atoms with Gasteiger partial charge in [0.1, 0.15) is 17.3 Å². The Morgan fingerprint density at radius 2 is 1.84 bits per heavy atom. The number of hydrogen-bond donors (Lipinski definition) is 1. The van der Waals surface area contributed by atoms with E-state index < -0.39 is 11.7 Å². The van der Waals surface area contributed by atoms with Crippen LogP contribution in [0.5, 0.6) is 11.5 Å². The van der Waals surface area contributed by atoms with Gasteiger partial charge in [-0.2, -0.15) is 13.2 Å². The molecule has 0 bridgehead atoms. The van der Waals surface area contributed by atoms with Crippen LogP contribution in [0.2, 0.25) is 0 Å². The van der Waals surface area contributed by atoms with Crippen molar-refractivity contribution in [2.45, 2.75) is 19.1 Å². The number of aromatic nitrogens is 2. The van der Waals surface area contributed by atoms with Crippen LogP contribution >= 0.6 is 0 Å². The summed E-state index contributed by atoms with van der Waals surface area (Å²) in [6, 6.07) is 14.8. The number of nitrogens with zero attached hydrogens (tertiary/aromatic N) is 2. The fraction of sp³-hybridized carbons (Fsp3) is 0.167. The minimum Gasteiger partial charge on any atom is -0.457 e. The number of benzene rings is 3. The lowest BCUT2D eigenvalue weighted by Gasteiger charge is -2.15. The predicted molar refractivity (Wildman–Crippen MR) is 115 cm³/mol. The Balaban J connectivity index is 1.54. The van der Waals surface area contributed by atoms with E-state index >= 15 is 0 Å². The maximum atomic E-state index is 12.8. The smallest absolute Gasteiger partial charge is 0.416 e. The average molecular weight is 439 g/mol. The van der Waals surface area contributed by atoms with Gasteiger partial charge in [-0.25, -0.2) is 4.98 Å². The summed E-state index contributed by atoms with van der Waals surface area (Å²) in [6.45, 7) is 1.86. The minimum absolute atomic E-state index is 0.239. The maximum absolute atomic E-state index is 12.8. The number of alkyl halides is 3. The fourth-order valence-corrected chi connectivity index (χ4v) is 3.46. The molecule has 0 radical (unpaired) electrons. The van der Waals surface area contributed by atoms with Gasteiger partial charge in [0.05, 0.1) is 11.6 Å². The summed E-state index contributed by atoms with van der Waals surface area (Å²) < 4.78 is 45.9. The van der Waals surface area contributed by atoms with E-state index in [1.165, 1.54) is 12.1 Å². The van der Waals surface area contributed by atoms with Crippen molar-refractivity contribution in [3.63, 3.8) is 0 Å². The van der Waals surface area contributed by atoms with E-state index in [9.17, 15) is 18.0 Å². The number of hydrogen-bond acceptors (Lipinski definition) is 3. The molecule has 0 aliphatic carbocycles. The standard InChI is InChI=1S/C24H20F3N3O2/c1-15(22-28-12-13-30(22)2)29-23(31)17-6-11-20-16(14-17)4-3-5-21(20)32-19-9-7-18(8-10-19)24(25,26)27/h3-15H,1-2H3,(H,29,31)/t15-/m0/s1. The Hall–Kier alpha value is -3.81. The van der Waals surface area contributed by atoms with E-state index in [4.69, 9.17) is 4.74 Å². The molecular weight excluding hydrogens is 419 g/mol. The molecule has 1 heterocycles. The third-order valence-electron chi connectivity index (χ3n) is 5.11. The highest BCUT2D eigenvalue weighted by atomic mass is 19.4. The summed E-state index contributed by atoms with van der Waals surface area (Å²) >= 11 is 0. The Labute approximate surface area is 182 Å². The number of carbonyl (C=O) groups is 1. The molecule has 8 heteroatoms. The van der Waals surface area contributed by atoms with E-state index in [1.807, 2.05) is 30.8 Å². The third-order valence-corrected chi connectivity index (χ3v) is 5.11. The first kappa shape index (κ1) is 21.4. The molecule has 0 aliphatic rings. The van der Waals surface area contributed by atoms with E-state index in [0.717, 1.165) is 28.7 Å². The second kappa shape index (κ2) is 8.37. The van der Waals surface area contributed by atoms with E-state index in [2.05, 4.69) is 10.3 Å². The molecule has 1 N–H and O–H groups in total. The van der Waals surface area contributed by atoms with E-state index in [1.54, 1.807) is 36.5 Å². The van der Waals surface area contributed by atoms with Gasteiger partial charge < -0.3 is 14.6 Å². The molecule has 1 aromatic heterocycles. The largest absolute Gasteiger partial charge is 0.457 e. The van der Waals surface area contributed by atoms with E-state index in [-0.39, 0.29) is 17.7 Å². The molecule has 0 saturated heterocycles. The lowest BCUT2D eigenvalue weighted by atomic mass is 10.1. The molecule has 5 nitrogen and oxygen atoms in total. The zero-order chi connectivity index (χ0) is 22.9. The maximum Gasteiger partial charge on any atom is 0.416 e. The number of carbonyl (C=O) groups excluding carboxylic acids is 1. The Morgan fingerprint density at radius 1 is 1.09 bits per heavy atom. The molecular formula is C24H20F3N3O2. The molecule has 32 heavy (non-hydrogen) atoms. The summed E-state index contributed by atoms with van der Waals surface area (Å²) in [5, 5.41) is 4.44. The van der Waals surface area contributed by atoms with Gasteiger partial charge in [-0.1, -0.05) is 12.1 Å². The van der Waals surface area contributed by atoms with Gasteiger partial charge in [-0.05, 0) is 60.8 Å². The van der Waals surface area contributed by atoms with Crippen LogP contribution in [0, 0.1) is 0 Å². The van der Waals surface area contributed by atoms with Crippen LogP contribution in [-0.4, -0.2) is 15.5 Å². The van der Waals surface area contributed by atoms with Gasteiger partial charge in [0.25, 0.3) is 5.91 Å². The first-order valence-electron chi connectivity index (χ1n) is 9.88. The fourth-order valence-electron chi connectivity index (χ4n) is 3.46. The number of amides is 1. The molecule has 164 valence electrons. The highest BCUT2D eigenvalue weighted by Gasteiger charge is 2.30. The summed E-state index contributed by atoms with van der Waals surface area (Å²) in [5.41, 5.74) is -0.261. The molecule has 0 saturated carbocycles. The van der Waals surface area contributed by atoms with Crippen molar-refractivity contribution in [3.05, 3.63) is 90.0 Å². The van der Waals surface area contributed by atoms with Gasteiger partial charge >= 0.3 is 6.18 Å². The monoisotopic (exact) mass is 439 g/mol. The summed E-state index contributed by atoms with van der Waals surface area (Å²) in [6.07, 6.45) is -0.916. The SMILES string of the molecule is C[C@H](NC(=O)c1ccc2c(Oc3ccc(C(F)(F)F)cc3)cccc2c1)c1nccn1C. The predicted octanol–water partition coefficient (Wildman–Crippen LogP) is 5.88.